The van der Waals surface area contributed by atoms with Gasteiger partial charge in [-0.15, -0.1) is 0 Å². The third-order valence-electron chi connectivity index (χ3n) is 3.63. The number of nitrogens with one attached hydrogen (secondary N) is 1. The molecule has 0 aromatic carbocycles. The molecule has 86 valence electrons. The monoisotopic (exact) mass is 218 g/mol. The van der Waals surface area contributed by atoms with Crippen LogP contribution in [0, 0.1) is 5.41 Å². The minimum absolute atomic E-state index is 0.345. The van der Waals surface area contributed by atoms with Gasteiger partial charge in [0, 0.05) is 18.2 Å². The molecule has 1 aliphatic carbocycles. The number of ether oxygens (including phenoxy) is 1. The van der Waals surface area contributed by atoms with E-state index in [-0.39, 0.29) is 0 Å². The third-order valence-corrected chi connectivity index (χ3v) is 3.63. The summed E-state index contributed by atoms with van der Waals surface area (Å²) < 4.78 is 5.27. The maximum Gasteiger partial charge on any atom is 0.0605 e. The number of aryl methyl sites for hydroxylation is 1. The summed E-state index contributed by atoms with van der Waals surface area (Å²) >= 11 is 0. The lowest BCUT2D eigenvalue weighted by atomic mass is 9.88. The Labute approximate surface area is 96.2 Å². The van der Waals surface area contributed by atoms with Gasteiger partial charge in [-0.2, -0.15) is 0 Å². The number of nitrogens with zero attached hydrogens (tertiary/aromatic N) is 1. The molecular weight excluding hydrogens is 200 g/mol. The van der Waals surface area contributed by atoms with Crippen LogP contribution >= 0.6 is 0 Å². The van der Waals surface area contributed by atoms with Gasteiger partial charge in [0.1, 0.15) is 0 Å². The Balaban J connectivity index is 1.65. The van der Waals surface area contributed by atoms with Crippen molar-refractivity contribution in [3.63, 3.8) is 0 Å². The van der Waals surface area contributed by atoms with Crippen LogP contribution in [0.5, 0.6) is 0 Å². The molecule has 0 saturated carbocycles. The van der Waals surface area contributed by atoms with Crippen molar-refractivity contribution in [2.24, 2.45) is 5.41 Å². The number of rotatable bonds is 3. The number of pyridine rings is 1. The van der Waals surface area contributed by atoms with Crippen molar-refractivity contribution in [1.82, 2.24) is 10.3 Å². The van der Waals surface area contributed by atoms with Crippen LogP contribution in [0.25, 0.3) is 0 Å². The van der Waals surface area contributed by atoms with Crippen LogP contribution in [0.3, 0.4) is 0 Å². The summed E-state index contributed by atoms with van der Waals surface area (Å²) in [4.78, 5) is 4.49. The second-order valence-electron chi connectivity index (χ2n) is 5.32. The molecule has 3 heteroatoms. The van der Waals surface area contributed by atoms with Crippen LogP contribution in [-0.4, -0.2) is 24.7 Å². The van der Waals surface area contributed by atoms with Gasteiger partial charge >= 0.3 is 0 Å². The van der Waals surface area contributed by atoms with E-state index in [1.807, 2.05) is 12.3 Å². The fourth-order valence-electron chi connectivity index (χ4n) is 2.53. The summed E-state index contributed by atoms with van der Waals surface area (Å²) in [6.07, 6.45) is 4.24. The van der Waals surface area contributed by atoms with E-state index >= 15 is 0 Å². The quantitative estimate of drug-likeness (QED) is 0.838. The minimum Gasteiger partial charge on any atom is -0.380 e. The van der Waals surface area contributed by atoms with E-state index in [2.05, 4.69) is 23.3 Å². The fraction of sp³-hybridized carbons (Fsp3) is 0.615. The highest BCUT2D eigenvalue weighted by atomic mass is 16.5. The van der Waals surface area contributed by atoms with Gasteiger partial charge in [0.25, 0.3) is 0 Å². The van der Waals surface area contributed by atoms with Gasteiger partial charge in [-0.25, -0.2) is 0 Å². The van der Waals surface area contributed by atoms with Crippen LogP contribution in [-0.2, 0) is 11.2 Å². The molecule has 0 bridgehead atoms. The normalized spacial score (nSPS) is 26.2. The van der Waals surface area contributed by atoms with Gasteiger partial charge in [0.05, 0.1) is 24.9 Å². The van der Waals surface area contributed by atoms with Crippen LogP contribution in [0.1, 0.15) is 30.6 Å². The molecule has 0 amide bonds. The molecule has 1 aromatic rings. The molecule has 0 spiro atoms. The van der Waals surface area contributed by atoms with E-state index in [1.165, 1.54) is 17.7 Å². The molecule has 16 heavy (non-hydrogen) atoms. The van der Waals surface area contributed by atoms with E-state index < -0.39 is 0 Å². The van der Waals surface area contributed by atoms with E-state index in [9.17, 15) is 0 Å². The first-order valence-electron chi connectivity index (χ1n) is 6.02. The lowest BCUT2D eigenvalue weighted by Gasteiger charge is -2.39. The number of hydrogen-bond acceptors (Lipinski definition) is 3. The van der Waals surface area contributed by atoms with Gasteiger partial charge in [0.2, 0.25) is 0 Å². The Morgan fingerprint density at radius 2 is 2.44 bits per heavy atom. The second-order valence-corrected chi connectivity index (χ2v) is 5.32. The molecular formula is C13H18N2O. The second kappa shape index (κ2) is 3.82. The van der Waals surface area contributed by atoms with Crippen LogP contribution in [0.4, 0.5) is 0 Å². The maximum atomic E-state index is 5.27. The molecule has 2 heterocycles. The van der Waals surface area contributed by atoms with Gasteiger partial charge < -0.3 is 10.1 Å². The Morgan fingerprint density at radius 3 is 3.19 bits per heavy atom. The summed E-state index contributed by atoms with van der Waals surface area (Å²) in [5.74, 6) is 0. The largest absolute Gasteiger partial charge is 0.380 e. The fourth-order valence-corrected chi connectivity index (χ4v) is 2.53. The summed E-state index contributed by atoms with van der Waals surface area (Å²) in [6, 6.07) is 4.68. The topological polar surface area (TPSA) is 34.2 Å². The molecule has 3 nitrogen and oxygen atoms in total. The highest BCUT2D eigenvalue weighted by Crippen LogP contribution is 2.31. The average Bonchev–Trinajstić information content (AvgIpc) is 2.67. The van der Waals surface area contributed by atoms with Crippen molar-refractivity contribution in [3.05, 3.63) is 29.6 Å². The Hall–Kier alpha value is -0.930. The predicted octanol–water partition coefficient (Wildman–Crippen LogP) is 1.69. The van der Waals surface area contributed by atoms with E-state index in [1.54, 1.807) is 0 Å². The highest BCUT2D eigenvalue weighted by Gasteiger charge is 2.34. The lowest BCUT2D eigenvalue weighted by Crippen LogP contribution is -2.47. The summed E-state index contributed by atoms with van der Waals surface area (Å²) in [6.45, 7) is 5.09. The molecule has 1 unspecified atom stereocenters. The average molecular weight is 218 g/mol. The van der Waals surface area contributed by atoms with Crippen molar-refractivity contribution in [2.75, 3.05) is 19.8 Å². The molecule has 1 atom stereocenters. The van der Waals surface area contributed by atoms with Crippen molar-refractivity contribution < 1.29 is 4.74 Å². The van der Waals surface area contributed by atoms with Crippen molar-refractivity contribution in [1.29, 1.82) is 0 Å². The predicted molar refractivity (Wildman–Crippen MR) is 62.2 cm³/mol. The first-order chi connectivity index (χ1) is 7.77. The van der Waals surface area contributed by atoms with E-state index in [4.69, 9.17) is 4.74 Å². The van der Waals surface area contributed by atoms with Crippen LogP contribution in [0.2, 0.25) is 0 Å². The Morgan fingerprint density at radius 1 is 1.56 bits per heavy atom. The molecule has 0 radical (unpaired) electrons. The Bertz CT molecular complexity index is 387. The summed E-state index contributed by atoms with van der Waals surface area (Å²) in [5, 5.41) is 3.64. The summed E-state index contributed by atoms with van der Waals surface area (Å²) in [7, 11) is 0. The van der Waals surface area contributed by atoms with Gasteiger partial charge in [-0.3, -0.25) is 4.98 Å². The molecule has 1 aromatic heterocycles. The van der Waals surface area contributed by atoms with Gasteiger partial charge in [-0.05, 0) is 24.5 Å². The number of fused-ring (bicyclic) bond motifs is 1. The number of hydrogen-bond donors (Lipinski definition) is 1. The van der Waals surface area contributed by atoms with Gasteiger partial charge in [-0.1, -0.05) is 13.0 Å². The maximum absolute atomic E-state index is 5.27. The first-order valence-corrected chi connectivity index (χ1v) is 6.02. The zero-order valence-corrected chi connectivity index (χ0v) is 9.70. The third kappa shape index (κ3) is 1.74. The lowest BCUT2D eigenvalue weighted by molar-refractivity contribution is -0.100. The zero-order valence-electron chi connectivity index (χ0n) is 9.70. The molecule has 3 rings (SSSR count). The zero-order chi connectivity index (χ0) is 11.0. The molecule has 1 aliphatic heterocycles. The standard InChI is InChI=1S/C13H18N2O/c1-13(8-16-9-13)7-15-11-5-4-10-3-2-6-14-12(10)11/h2-3,6,11,15H,4-5,7-9H2,1H3. The summed E-state index contributed by atoms with van der Waals surface area (Å²) in [5.41, 5.74) is 3.01. The van der Waals surface area contributed by atoms with Crippen molar-refractivity contribution in [2.45, 2.75) is 25.8 Å². The van der Waals surface area contributed by atoms with E-state index in [0.717, 1.165) is 26.2 Å². The number of aromatic nitrogens is 1. The Kier molecular flexibility index (Phi) is 2.45. The SMILES string of the molecule is CC1(CNC2CCc3cccnc32)COC1. The molecule has 1 fully saturated rings. The van der Waals surface area contributed by atoms with Crippen molar-refractivity contribution in [3.8, 4) is 0 Å². The van der Waals surface area contributed by atoms with Crippen LogP contribution < -0.4 is 5.32 Å². The van der Waals surface area contributed by atoms with Crippen molar-refractivity contribution >= 4 is 0 Å². The van der Waals surface area contributed by atoms with E-state index in [0.29, 0.717) is 11.5 Å². The first kappa shape index (κ1) is 10.2. The minimum atomic E-state index is 0.345. The molecule has 1 saturated heterocycles. The molecule has 2 aliphatic rings. The molecule has 1 N–H and O–H groups in total. The van der Waals surface area contributed by atoms with Crippen LogP contribution in [0.15, 0.2) is 18.3 Å². The smallest absolute Gasteiger partial charge is 0.0605 e. The van der Waals surface area contributed by atoms with Gasteiger partial charge in [0.15, 0.2) is 0 Å². The highest BCUT2D eigenvalue weighted by molar-refractivity contribution is 5.27.